The van der Waals surface area contributed by atoms with Crippen molar-refractivity contribution >= 4 is 46.6 Å². The zero-order valence-electron chi connectivity index (χ0n) is 18.2. The quantitative estimate of drug-likeness (QED) is 0.307. The van der Waals surface area contributed by atoms with Gasteiger partial charge < -0.3 is 0 Å². The molecule has 2 heterocycles. The number of amides is 2. The van der Waals surface area contributed by atoms with Crippen molar-refractivity contribution in [1.29, 1.82) is 0 Å². The van der Waals surface area contributed by atoms with Crippen LogP contribution in [-0.2, 0) is 20.6 Å². The van der Waals surface area contributed by atoms with Crippen molar-refractivity contribution in [3.05, 3.63) is 88.9 Å². The number of alkyl halides is 3. The molecule has 3 atom stereocenters. The van der Waals surface area contributed by atoms with Gasteiger partial charge in [0.05, 0.1) is 23.0 Å². The average Bonchev–Trinajstić information content (AvgIpc) is 3.35. The van der Waals surface area contributed by atoms with Gasteiger partial charge in [0.1, 0.15) is 5.92 Å². The second-order valence-corrected chi connectivity index (χ2v) is 9.44. The molecule has 35 heavy (non-hydrogen) atoms. The fourth-order valence-corrected chi connectivity index (χ4v) is 4.95. The van der Waals surface area contributed by atoms with Gasteiger partial charge in [-0.3, -0.25) is 14.4 Å². The molecule has 2 aliphatic rings. The van der Waals surface area contributed by atoms with E-state index in [1.54, 1.807) is 41.1 Å². The van der Waals surface area contributed by atoms with Gasteiger partial charge in [0.25, 0.3) is 5.91 Å². The molecule has 2 fully saturated rings. The Hall–Kier alpha value is -3.01. The second-order valence-electron chi connectivity index (χ2n) is 8.13. The Balaban J connectivity index is 1.53. The van der Waals surface area contributed by atoms with Crippen molar-refractivity contribution in [3.8, 4) is 0 Å². The fraction of sp³-hybridized carbons (Fsp3) is 0.200. The largest absolute Gasteiger partial charge is 0.416 e. The predicted octanol–water partition coefficient (Wildman–Crippen LogP) is 6.13. The molecular formula is C25H18ClF3N2O3S. The molecule has 0 aromatic heterocycles. The van der Waals surface area contributed by atoms with E-state index in [2.05, 4.69) is 0 Å². The van der Waals surface area contributed by atoms with E-state index in [9.17, 15) is 22.8 Å². The van der Waals surface area contributed by atoms with E-state index in [1.807, 2.05) is 30.5 Å². The first-order valence-corrected chi connectivity index (χ1v) is 12.2. The van der Waals surface area contributed by atoms with Crippen molar-refractivity contribution in [3.63, 3.8) is 0 Å². The summed E-state index contributed by atoms with van der Waals surface area (Å²) in [6.07, 6.45) is -3.69. The number of anilines is 2. The van der Waals surface area contributed by atoms with Gasteiger partial charge in [-0.2, -0.15) is 13.2 Å². The predicted molar refractivity (Wildman–Crippen MR) is 127 cm³/mol. The van der Waals surface area contributed by atoms with Crippen LogP contribution in [0.15, 0.2) is 77.7 Å². The molecule has 5 nitrogen and oxygen atoms in total. The van der Waals surface area contributed by atoms with Gasteiger partial charge in [0, 0.05) is 9.92 Å². The van der Waals surface area contributed by atoms with Crippen LogP contribution in [0.3, 0.4) is 0 Å². The highest BCUT2D eigenvalue weighted by Gasteiger charge is 2.60. The minimum Gasteiger partial charge on any atom is -0.273 e. The number of fused-ring (bicyclic) bond motifs is 1. The van der Waals surface area contributed by atoms with E-state index >= 15 is 0 Å². The maximum absolute atomic E-state index is 13.6. The van der Waals surface area contributed by atoms with Crippen LogP contribution in [0.2, 0.25) is 5.02 Å². The van der Waals surface area contributed by atoms with Gasteiger partial charge in [0.2, 0.25) is 5.91 Å². The van der Waals surface area contributed by atoms with Crippen LogP contribution >= 0.6 is 23.4 Å². The average molecular weight is 519 g/mol. The van der Waals surface area contributed by atoms with Crippen molar-refractivity contribution in [2.24, 2.45) is 5.92 Å². The van der Waals surface area contributed by atoms with E-state index < -0.39 is 41.6 Å². The number of benzene rings is 3. The molecule has 3 aromatic carbocycles. The number of rotatable bonds is 4. The fourth-order valence-electron chi connectivity index (χ4n) is 4.42. The first-order chi connectivity index (χ1) is 16.7. The Bertz CT molecular complexity index is 1270. The molecule has 2 aliphatic heterocycles. The van der Waals surface area contributed by atoms with Crippen molar-refractivity contribution in [2.75, 3.05) is 16.2 Å². The van der Waals surface area contributed by atoms with Gasteiger partial charge in [-0.15, -0.1) is 11.8 Å². The summed E-state index contributed by atoms with van der Waals surface area (Å²) < 4.78 is 38.9. The molecule has 0 N–H and O–H groups in total. The lowest BCUT2D eigenvalue weighted by molar-refractivity contribution is -0.137. The van der Waals surface area contributed by atoms with Gasteiger partial charge in [0.15, 0.2) is 6.10 Å². The summed E-state index contributed by atoms with van der Waals surface area (Å²) in [7, 11) is 0. The molecule has 2 saturated heterocycles. The summed E-state index contributed by atoms with van der Waals surface area (Å²) >= 11 is 7.60. The topological polar surface area (TPSA) is 49.9 Å². The summed E-state index contributed by atoms with van der Waals surface area (Å²) in [5.41, 5.74) is 0.586. The molecule has 3 aromatic rings. The molecule has 10 heteroatoms. The number of hydroxylamine groups is 1. The lowest BCUT2D eigenvalue weighted by atomic mass is 9.90. The molecule has 0 radical (unpaired) electrons. The zero-order chi connectivity index (χ0) is 24.9. The maximum Gasteiger partial charge on any atom is 0.416 e. The molecular weight excluding hydrogens is 501 g/mol. The maximum atomic E-state index is 13.6. The zero-order valence-corrected chi connectivity index (χ0v) is 19.8. The van der Waals surface area contributed by atoms with Crippen LogP contribution in [0.25, 0.3) is 0 Å². The minimum atomic E-state index is -4.52. The normalized spacial score (nSPS) is 22.1. The number of carbonyl (C=O) groups excluding carboxylic acids is 2. The number of halogens is 4. The van der Waals surface area contributed by atoms with Crippen LogP contribution in [0, 0.1) is 5.92 Å². The molecule has 0 spiro atoms. The van der Waals surface area contributed by atoms with Gasteiger partial charge in [-0.05, 0) is 72.5 Å². The molecule has 5 rings (SSSR count). The van der Waals surface area contributed by atoms with E-state index in [0.717, 1.165) is 39.6 Å². The third kappa shape index (κ3) is 4.17. The number of nitrogens with zero attached hydrogens (tertiary/aromatic N) is 2. The standard InChI is InChI=1S/C25H18ClF3N2O3S/c1-35-19-12-2-14(3-13-19)21-20-22(34-31(21)18-10-6-16(26)7-11-18)24(33)30(23(20)32)17-8-4-15(5-9-17)25(27,28)29/h2-13,20-22H,1H3/t20-,21+,22+/m1/s1. The lowest BCUT2D eigenvalue weighted by Crippen LogP contribution is -2.37. The summed E-state index contributed by atoms with van der Waals surface area (Å²) in [6, 6.07) is 17.7. The summed E-state index contributed by atoms with van der Waals surface area (Å²) in [4.78, 5) is 34.8. The minimum absolute atomic E-state index is 0.0699. The van der Waals surface area contributed by atoms with Gasteiger partial charge in [-0.25, -0.2) is 9.96 Å². The van der Waals surface area contributed by atoms with E-state index in [4.69, 9.17) is 16.4 Å². The highest BCUT2D eigenvalue weighted by molar-refractivity contribution is 7.98. The third-order valence-electron chi connectivity index (χ3n) is 6.11. The number of carbonyl (C=O) groups is 2. The van der Waals surface area contributed by atoms with Gasteiger partial charge in [-0.1, -0.05) is 23.7 Å². The molecule has 0 bridgehead atoms. The molecule has 2 amide bonds. The molecule has 0 unspecified atom stereocenters. The highest BCUT2D eigenvalue weighted by Crippen LogP contribution is 2.48. The smallest absolute Gasteiger partial charge is 0.273 e. The molecule has 0 saturated carbocycles. The Morgan fingerprint density at radius 1 is 0.857 bits per heavy atom. The van der Waals surface area contributed by atoms with Crippen molar-refractivity contribution in [1.82, 2.24) is 0 Å². The molecule has 0 aliphatic carbocycles. The van der Waals surface area contributed by atoms with Crippen LogP contribution in [0.1, 0.15) is 17.2 Å². The van der Waals surface area contributed by atoms with E-state index in [1.165, 1.54) is 0 Å². The Kier molecular flexibility index (Phi) is 6.03. The number of hydrogen-bond donors (Lipinski definition) is 0. The summed E-state index contributed by atoms with van der Waals surface area (Å²) in [5, 5.41) is 2.06. The summed E-state index contributed by atoms with van der Waals surface area (Å²) in [5.74, 6) is -2.04. The SMILES string of the molecule is CSc1ccc([C@H]2[C@H]3C(=O)N(c4ccc(C(F)(F)F)cc4)C(=O)[C@H]3ON2c2ccc(Cl)cc2)cc1. The monoisotopic (exact) mass is 518 g/mol. The first kappa shape index (κ1) is 23.7. The van der Waals surface area contributed by atoms with Crippen LogP contribution in [-0.4, -0.2) is 24.2 Å². The number of imide groups is 1. The van der Waals surface area contributed by atoms with E-state index in [-0.39, 0.29) is 5.69 Å². The molecule has 180 valence electrons. The highest BCUT2D eigenvalue weighted by atomic mass is 35.5. The second kappa shape index (κ2) is 8.89. The Labute approximate surface area is 208 Å². The van der Waals surface area contributed by atoms with E-state index in [0.29, 0.717) is 10.7 Å². The number of thioether (sulfide) groups is 1. The van der Waals surface area contributed by atoms with Crippen LogP contribution in [0.5, 0.6) is 0 Å². The third-order valence-corrected chi connectivity index (χ3v) is 7.10. The van der Waals surface area contributed by atoms with Gasteiger partial charge >= 0.3 is 6.18 Å². The Morgan fingerprint density at radius 2 is 1.46 bits per heavy atom. The van der Waals surface area contributed by atoms with Crippen molar-refractivity contribution in [2.45, 2.75) is 23.2 Å². The van der Waals surface area contributed by atoms with Crippen molar-refractivity contribution < 1.29 is 27.6 Å². The van der Waals surface area contributed by atoms with Crippen LogP contribution < -0.4 is 9.96 Å². The first-order valence-electron chi connectivity index (χ1n) is 10.6. The Morgan fingerprint density at radius 3 is 2.03 bits per heavy atom. The van der Waals surface area contributed by atoms with Crippen LogP contribution in [0.4, 0.5) is 24.5 Å². The lowest BCUT2D eigenvalue weighted by Gasteiger charge is -2.29. The summed E-state index contributed by atoms with van der Waals surface area (Å²) in [6.45, 7) is 0. The number of hydrogen-bond acceptors (Lipinski definition) is 5.